The maximum absolute atomic E-state index is 12.4. The molecular formula is C19H22F2N2OS2. The van der Waals surface area contributed by atoms with Gasteiger partial charge in [0.25, 0.3) is 5.76 Å². The molecule has 26 heavy (non-hydrogen) atoms. The second kappa shape index (κ2) is 9.73. The van der Waals surface area contributed by atoms with E-state index in [1.165, 1.54) is 0 Å². The number of halogens is 2. The Balaban J connectivity index is 2.00. The fourth-order valence-corrected chi connectivity index (χ4v) is 3.22. The van der Waals surface area contributed by atoms with Crippen LogP contribution in [0.5, 0.6) is 5.75 Å². The van der Waals surface area contributed by atoms with E-state index < -0.39 is 5.76 Å². The molecule has 0 radical (unpaired) electrons. The molecule has 0 spiro atoms. The zero-order valence-electron chi connectivity index (χ0n) is 14.8. The number of alkyl halides is 2. The van der Waals surface area contributed by atoms with Gasteiger partial charge >= 0.3 is 0 Å². The van der Waals surface area contributed by atoms with Crippen LogP contribution in [0.25, 0.3) is 0 Å². The third-order valence-electron chi connectivity index (χ3n) is 3.77. The molecule has 2 rings (SSSR count). The van der Waals surface area contributed by atoms with Crippen LogP contribution in [-0.4, -0.2) is 18.0 Å². The van der Waals surface area contributed by atoms with Gasteiger partial charge in [0.15, 0.2) is 5.11 Å². The Hall–Kier alpha value is -1.86. The SMILES string of the molecule is COc1ccc([C@@H](NC(=S)Nc2ccc(SC(F)F)cc2)C(C)C)cc1. The number of ether oxygens (including phenoxy) is 1. The molecule has 0 saturated heterocycles. The molecule has 1 atom stereocenters. The lowest BCUT2D eigenvalue weighted by molar-refractivity contribution is 0.252. The van der Waals surface area contributed by atoms with Crippen molar-refractivity contribution in [1.82, 2.24) is 5.32 Å². The van der Waals surface area contributed by atoms with E-state index in [1.807, 2.05) is 24.3 Å². The van der Waals surface area contributed by atoms with Crippen LogP contribution in [0.2, 0.25) is 0 Å². The summed E-state index contributed by atoms with van der Waals surface area (Å²) in [5.74, 6) is -1.31. The Morgan fingerprint density at radius 3 is 2.15 bits per heavy atom. The van der Waals surface area contributed by atoms with E-state index in [0.29, 0.717) is 27.7 Å². The van der Waals surface area contributed by atoms with Crippen molar-refractivity contribution in [2.75, 3.05) is 12.4 Å². The molecule has 2 N–H and O–H groups in total. The van der Waals surface area contributed by atoms with Crippen LogP contribution >= 0.6 is 24.0 Å². The highest BCUT2D eigenvalue weighted by Gasteiger charge is 2.17. The first-order valence-corrected chi connectivity index (χ1v) is 9.44. The maximum Gasteiger partial charge on any atom is 0.288 e. The first-order chi connectivity index (χ1) is 12.4. The van der Waals surface area contributed by atoms with E-state index in [1.54, 1.807) is 31.4 Å². The highest BCUT2D eigenvalue weighted by atomic mass is 32.2. The summed E-state index contributed by atoms with van der Waals surface area (Å²) in [5, 5.41) is 6.90. The van der Waals surface area contributed by atoms with E-state index in [0.717, 1.165) is 17.0 Å². The van der Waals surface area contributed by atoms with Crippen LogP contribution in [-0.2, 0) is 0 Å². The molecule has 0 aliphatic heterocycles. The van der Waals surface area contributed by atoms with Gasteiger partial charge in [0.2, 0.25) is 0 Å². The molecule has 0 saturated carbocycles. The molecule has 0 fully saturated rings. The molecule has 140 valence electrons. The number of methoxy groups -OCH3 is 1. The minimum Gasteiger partial charge on any atom is -0.497 e. The number of benzene rings is 2. The molecule has 2 aromatic rings. The third-order valence-corrected chi connectivity index (χ3v) is 4.71. The highest BCUT2D eigenvalue weighted by molar-refractivity contribution is 7.99. The summed E-state index contributed by atoms with van der Waals surface area (Å²) < 4.78 is 29.9. The minimum absolute atomic E-state index is 0.0366. The zero-order valence-corrected chi connectivity index (χ0v) is 16.5. The number of anilines is 1. The standard InChI is InChI=1S/C19H22F2N2OS2/c1-12(2)17(13-4-8-15(24-3)9-5-13)23-19(25)22-14-6-10-16(11-7-14)26-18(20)21/h4-12,17-18H,1-3H3,(H2,22,23,25)/t17-/m0/s1. The van der Waals surface area contributed by atoms with E-state index in [9.17, 15) is 8.78 Å². The van der Waals surface area contributed by atoms with Crippen LogP contribution in [0, 0.1) is 5.92 Å². The molecular weight excluding hydrogens is 374 g/mol. The molecule has 0 aliphatic carbocycles. The molecule has 0 aromatic heterocycles. The monoisotopic (exact) mass is 396 g/mol. The Bertz CT molecular complexity index is 706. The van der Waals surface area contributed by atoms with Crippen molar-refractivity contribution < 1.29 is 13.5 Å². The highest BCUT2D eigenvalue weighted by Crippen LogP contribution is 2.27. The quantitative estimate of drug-likeness (QED) is 0.464. The predicted octanol–water partition coefficient (Wildman–Crippen LogP) is 5.69. The number of rotatable bonds is 7. The summed E-state index contributed by atoms with van der Waals surface area (Å²) in [6.45, 7) is 4.22. The first kappa shape index (κ1) is 20.5. The Morgan fingerprint density at radius 1 is 1.04 bits per heavy atom. The smallest absolute Gasteiger partial charge is 0.288 e. The average Bonchev–Trinajstić information content (AvgIpc) is 2.61. The van der Waals surface area contributed by atoms with Crippen LogP contribution in [0.3, 0.4) is 0 Å². The number of hydrogen-bond donors (Lipinski definition) is 2. The van der Waals surface area contributed by atoms with Gasteiger partial charge in [-0.3, -0.25) is 0 Å². The van der Waals surface area contributed by atoms with Crippen molar-refractivity contribution in [2.45, 2.75) is 30.5 Å². The average molecular weight is 397 g/mol. The Kier molecular flexibility index (Phi) is 7.66. The summed E-state index contributed by atoms with van der Waals surface area (Å²) in [7, 11) is 1.64. The summed E-state index contributed by atoms with van der Waals surface area (Å²) in [6.07, 6.45) is 0. The molecule has 7 heteroatoms. The van der Waals surface area contributed by atoms with E-state index in [4.69, 9.17) is 17.0 Å². The second-order valence-corrected chi connectivity index (χ2v) is 7.47. The van der Waals surface area contributed by atoms with Gasteiger partial charge in [0.05, 0.1) is 13.2 Å². The fraction of sp³-hybridized carbons (Fsp3) is 0.316. The molecule has 0 unspecified atom stereocenters. The van der Waals surface area contributed by atoms with Gasteiger partial charge < -0.3 is 15.4 Å². The van der Waals surface area contributed by atoms with Crippen molar-refractivity contribution in [3.05, 3.63) is 54.1 Å². The van der Waals surface area contributed by atoms with Gasteiger partial charge in [0, 0.05) is 10.6 Å². The largest absolute Gasteiger partial charge is 0.497 e. The van der Waals surface area contributed by atoms with Crippen molar-refractivity contribution in [1.29, 1.82) is 0 Å². The van der Waals surface area contributed by atoms with Crippen molar-refractivity contribution in [3.63, 3.8) is 0 Å². The number of hydrogen-bond acceptors (Lipinski definition) is 3. The van der Waals surface area contributed by atoms with Gasteiger partial charge in [-0.15, -0.1) is 0 Å². The Labute approximate surface area is 162 Å². The summed E-state index contributed by atoms with van der Waals surface area (Å²) in [4.78, 5) is 0.516. The summed E-state index contributed by atoms with van der Waals surface area (Å²) in [5.41, 5.74) is 1.85. The van der Waals surface area contributed by atoms with Crippen molar-refractivity contribution >= 4 is 34.8 Å². The van der Waals surface area contributed by atoms with E-state index >= 15 is 0 Å². The lowest BCUT2D eigenvalue weighted by Gasteiger charge is -2.25. The van der Waals surface area contributed by atoms with E-state index in [-0.39, 0.29) is 6.04 Å². The summed E-state index contributed by atoms with van der Waals surface area (Å²) in [6, 6.07) is 14.6. The molecule has 0 heterocycles. The fourth-order valence-electron chi connectivity index (χ4n) is 2.47. The minimum atomic E-state index is -2.42. The van der Waals surface area contributed by atoms with Gasteiger partial charge in [-0.2, -0.15) is 8.78 Å². The van der Waals surface area contributed by atoms with Crippen LogP contribution < -0.4 is 15.4 Å². The molecule has 0 bridgehead atoms. The lowest BCUT2D eigenvalue weighted by atomic mass is 9.96. The van der Waals surface area contributed by atoms with Crippen LogP contribution in [0.15, 0.2) is 53.4 Å². The zero-order chi connectivity index (χ0) is 19.1. The van der Waals surface area contributed by atoms with Crippen LogP contribution in [0.4, 0.5) is 14.5 Å². The molecule has 3 nitrogen and oxygen atoms in total. The second-order valence-electron chi connectivity index (χ2n) is 6.00. The number of thiocarbonyl (C=S) groups is 1. The molecule has 0 amide bonds. The molecule has 2 aromatic carbocycles. The van der Waals surface area contributed by atoms with Gasteiger partial charge in [0.1, 0.15) is 5.75 Å². The maximum atomic E-state index is 12.4. The first-order valence-electron chi connectivity index (χ1n) is 8.15. The van der Waals surface area contributed by atoms with Crippen molar-refractivity contribution in [3.8, 4) is 5.75 Å². The van der Waals surface area contributed by atoms with Crippen LogP contribution in [0.1, 0.15) is 25.5 Å². The van der Waals surface area contributed by atoms with Gasteiger partial charge in [-0.1, -0.05) is 37.7 Å². The topological polar surface area (TPSA) is 33.3 Å². The molecule has 0 aliphatic rings. The van der Waals surface area contributed by atoms with E-state index in [2.05, 4.69) is 24.5 Å². The predicted molar refractivity (Wildman–Crippen MR) is 108 cm³/mol. The third kappa shape index (κ3) is 6.14. The van der Waals surface area contributed by atoms with Gasteiger partial charge in [-0.25, -0.2) is 0 Å². The summed E-state index contributed by atoms with van der Waals surface area (Å²) >= 11 is 5.93. The number of nitrogens with one attached hydrogen (secondary N) is 2. The van der Waals surface area contributed by atoms with Gasteiger partial charge in [-0.05, 0) is 60.1 Å². The van der Waals surface area contributed by atoms with Crippen molar-refractivity contribution in [2.24, 2.45) is 5.92 Å². The Morgan fingerprint density at radius 2 is 1.65 bits per heavy atom. The number of thioether (sulfide) groups is 1. The lowest BCUT2D eigenvalue weighted by Crippen LogP contribution is -2.34. The normalized spacial score (nSPS) is 12.1.